The predicted molar refractivity (Wildman–Crippen MR) is 89.6 cm³/mol. The van der Waals surface area contributed by atoms with Crippen LogP contribution in [0, 0.1) is 5.41 Å². The lowest BCUT2D eigenvalue weighted by Gasteiger charge is -2.26. The number of rotatable bonds is 1. The normalized spacial score (nSPS) is 21.0. The van der Waals surface area contributed by atoms with Crippen molar-refractivity contribution in [3.8, 4) is 5.69 Å². The number of carbonyl (C=O) groups is 2. The number of hydrogen-bond donors (Lipinski definition) is 0. The SMILES string of the molecule is CN1C(=O)CCc2cc(-n3cnc4c3C(=O)CC3(CC3)C4)ccc21. The number of fused-ring (bicyclic) bond motifs is 2. The molecule has 2 aliphatic carbocycles. The van der Waals surface area contributed by atoms with E-state index in [4.69, 9.17) is 0 Å². The number of amides is 1. The molecule has 0 bridgehead atoms. The molecule has 24 heavy (non-hydrogen) atoms. The number of aromatic nitrogens is 2. The fraction of sp³-hybridized carbons (Fsp3) is 0.421. The Balaban J connectivity index is 1.58. The molecule has 1 aromatic heterocycles. The first-order chi connectivity index (χ1) is 11.6. The van der Waals surface area contributed by atoms with Gasteiger partial charge in [0.2, 0.25) is 5.91 Å². The summed E-state index contributed by atoms with van der Waals surface area (Å²) in [7, 11) is 1.82. The summed E-state index contributed by atoms with van der Waals surface area (Å²) in [6.07, 6.45) is 6.98. The molecule has 5 rings (SSSR count). The number of benzene rings is 1. The van der Waals surface area contributed by atoms with Crippen LogP contribution in [0.1, 0.15) is 47.4 Å². The maximum atomic E-state index is 12.7. The van der Waals surface area contributed by atoms with Crippen LogP contribution in [0.2, 0.25) is 0 Å². The lowest BCUT2D eigenvalue weighted by Crippen LogP contribution is -2.31. The summed E-state index contributed by atoms with van der Waals surface area (Å²) in [5.74, 6) is 0.372. The molecule has 5 heteroatoms. The van der Waals surface area contributed by atoms with E-state index in [0.717, 1.165) is 54.0 Å². The first-order valence-corrected chi connectivity index (χ1v) is 8.56. The Kier molecular flexibility index (Phi) is 2.65. The molecule has 0 N–H and O–H groups in total. The van der Waals surface area contributed by atoms with Gasteiger partial charge < -0.3 is 4.90 Å². The van der Waals surface area contributed by atoms with E-state index in [1.54, 1.807) is 11.2 Å². The summed E-state index contributed by atoms with van der Waals surface area (Å²) >= 11 is 0. The summed E-state index contributed by atoms with van der Waals surface area (Å²) in [6.45, 7) is 0. The molecule has 0 radical (unpaired) electrons. The first-order valence-electron chi connectivity index (χ1n) is 8.56. The first kappa shape index (κ1) is 14.0. The summed E-state index contributed by atoms with van der Waals surface area (Å²) in [5.41, 5.74) is 5.01. The third-order valence-corrected chi connectivity index (χ3v) is 5.83. The van der Waals surface area contributed by atoms with Crippen LogP contribution in [-0.4, -0.2) is 28.3 Å². The Morgan fingerprint density at radius 1 is 1.12 bits per heavy atom. The fourth-order valence-corrected chi connectivity index (χ4v) is 4.17. The van der Waals surface area contributed by atoms with Crippen molar-refractivity contribution in [2.45, 2.75) is 38.5 Å². The van der Waals surface area contributed by atoms with Gasteiger partial charge in [-0.1, -0.05) is 0 Å². The van der Waals surface area contributed by atoms with Crippen molar-refractivity contribution in [1.29, 1.82) is 0 Å². The Labute approximate surface area is 140 Å². The van der Waals surface area contributed by atoms with Crippen LogP contribution in [0.25, 0.3) is 5.69 Å². The second kappa shape index (κ2) is 4.56. The molecule has 1 aliphatic heterocycles. The summed E-state index contributed by atoms with van der Waals surface area (Å²) in [5, 5.41) is 0. The van der Waals surface area contributed by atoms with E-state index in [0.29, 0.717) is 12.8 Å². The number of ketones is 1. The number of imidazole rings is 1. The Bertz CT molecular complexity index is 892. The predicted octanol–water partition coefficient (Wildman–Crippen LogP) is 2.69. The van der Waals surface area contributed by atoms with Crippen molar-refractivity contribution < 1.29 is 9.59 Å². The van der Waals surface area contributed by atoms with Gasteiger partial charge in [-0.25, -0.2) is 4.98 Å². The molecule has 1 fully saturated rings. The van der Waals surface area contributed by atoms with Crippen LogP contribution in [0.3, 0.4) is 0 Å². The summed E-state index contributed by atoms with van der Waals surface area (Å²) in [4.78, 5) is 30.8. The number of hydrogen-bond acceptors (Lipinski definition) is 3. The minimum atomic E-state index is 0.153. The van der Waals surface area contributed by atoms with Crippen molar-refractivity contribution >= 4 is 17.4 Å². The molecule has 1 saturated carbocycles. The van der Waals surface area contributed by atoms with E-state index in [9.17, 15) is 9.59 Å². The average molecular weight is 321 g/mol. The molecule has 2 heterocycles. The maximum absolute atomic E-state index is 12.7. The zero-order valence-corrected chi connectivity index (χ0v) is 13.7. The van der Waals surface area contributed by atoms with Crippen LogP contribution in [0.15, 0.2) is 24.5 Å². The highest BCUT2D eigenvalue weighted by atomic mass is 16.2. The highest BCUT2D eigenvalue weighted by Gasteiger charge is 2.49. The van der Waals surface area contributed by atoms with Gasteiger partial charge in [0.25, 0.3) is 0 Å². The molecule has 2 aromatic rings. The van der Waals surface area contributed by atoms with Crippen LogP contribution < -0.4 is 4.90 Å². The zero-order valence-electron chi connectivity index (χ0n) is 13.7. The van der Waals surface area contributed by atoms with Crippen molar-refractivity contribution in [3.05, 3.63) is 41.5 Å². The molecule has 0 atom stereocenters. The molecule has 1 aromatic carbocycles. The van der Waals surface area contributed by atoms with Gasteiger partial charge in [-0.05, 0) is 54.9 Å². The van der Waals surface area contributed by atoms with E-state index >= 15 is 0 Å². The number of carbonyl (C=O) groups excluding carboxylic acids is 2. The van der Waals surface area contributed by atoms with E-state index in [1.165, 1.54) is 0 Å². The van der Waals surface area contributed by atoms with E-state index in [-0.39, 0.29) is 17.1 Å². The van der Waals surface area contributed by atoms with Gasteiger partial charge in [-0.2, -0.15) is 0 Å². The van der Waals surface area contributed by atoms with E-state index in [1.807, 2.05) is 23.7 Å². The molecular weight excluding hydrogens is 302 g/mol. The second-order valence-electron chi connectivity index (χ2n) is 7.45. The molecule has 0 unspecified atom stereocenters. The zero-order chi connectivity index (χ0) is 16.5. The molecule has 0 saturated heterocycles. The highest BCUT2D eigenvalue weighted by molar-refractivity contribution is 5.98. The Morgan fingerprint density at radius 3 is 2.75 bits per heavy atom. The van der Waals surface area contributed by atoms with Crippen molar-refractivity contribution in [3.63, 3.8) is 0 Å². The summed E-state index contributed by atoms with van der Waals surface area (Å²) < 4.78 is 1.93. The highest BCUT2D eigenvalue weighted by Crippen LogP contribution is 2.54. The lowest BCUT2D eigenvalue weighted by atomic mass is 9.86. The third kappa shape index (κ3) is 1.90. The smallest absolute Gasteiger partial charge is 0.227 e. The van der Waals surface area contributed by atoms with Crippen LogP contribution in [0.5, 0.6) is 0 Å². The second-order valence-corrected chi connectivity index (χ2v) is 7.45. The van der Waals surface area contributed by atoms with Crippen LogP contribution in [-0.2, 0) is 17.6 Å². The lowest BCUT2D eigenvalue weighted by molar-refractivity contribution is -0.118. The van der Waals surface area contributed by atoms with Crippen molar-refractivity contribution in [1.82, 2.24) is 9.55 Å². The molecule has 1 amide bonds. The minimum Gasteiger partial charge on any atom is -0.315 e. The fourth-order valence-electron chi connectivity index (χ4n) is 4.17. The van der Waals surface area contributed by atoms with Gasteiger partial charge in [0.15, 0.2) is 5.78 Å². The number of Topliss-reactive ketones (excluding diaryl/α,β-unsaturated/α-hetero) is 1. The maximum Gasteiger partial charge on any atom is 0.227 e. The van der Waals surface area contributed by atoms with Gasteiger partial charge in [0.1, 0.15) is 12.0 Å². The van der Waals surface area contributed by atoms with Crippen LogP contribution >= 0.6 is 0 Å². The Morgan fingerprint density at radius 2 is 1.96 bits per heavy atom. The molecule has 3 aliphatic rings. The van der Waals surface area contributed by atoms with Crippen LogP contribution in [0.4, 0.5) is 5.69 Å². The average Bonchev–Trinajstić information content (AvgIpc) is 3.16. The largest absolute Gasteiger partial charge is 0.315 e. The van der Waals surface area contributed by atoms with Gasteiger partial charge in [-0.3, -0.25) is 14.2 Å². The van der Waals surface area contributed by atoms with E-state index in [2.05, 4.69) is 11.1 Å². The number of aryl methyl sites for hydroxylation is 1. The third-order valence-electron chi connectivity index (χ3n) is 5.83. The minimum absolute atomic E-state index is 0.153. The van der Waals surface area contributed by atoms with Gasteiger partial charge in [0.05, 0.1) is 5.69 Å². The molecular formula is C19H19N3O2. The van der Waals surface area contributed by atoms with Gasteiger partial charge in [-0.15, -0.1) is 0 Å². The number of nitrogens with zero attached hydrogens (tertiary/aromatic N) is 3. The molecule has 5 nitrogen and oxygen atoms in total. The van der Waals surface area contributed by atoms with Gasteiger partial charge in [0, 0.05) is 31.3 Å². The topological polar surface area (TPSA) is 55.2 Å². The standard InChI is InChI=1S/C19H19N3O2/c1-21-15-4-3-13(8-12(15)2-5-17(21)24)22-11-20-14-9-19(6-7-19)10-16(23)18(14)22/h3-4,8,11H,2,5-7,9-10H2,1H3. The van der Waals surface area contributed by atoms with E-state index < -0.39 is 0 Å². The van der Waals surface area contributed by atoms with Crippen molar-refractivity contribution in [2.75, 3.05) is 11.9 Å². The Hall–Kier alpha value is -2.43. The molecule has 122 valence electrons. The summed E-state index contributed by atoms with van der Waals surface area (Å²) in [6, 6.07) is 6.05. The van der Waals surface area contributed by atoms with Gasteiger partial charge >= 0.3 is 0 Å². The number of anilines is 1. The monoisotopic (exact) mass is 321 g/mol. The molecule has 1 spiro atoms. The van der Waals surface area contributed by atoms with Crippen molar-refractivity contribution in [2.24, 2.45) is 5.41 Å². The quantitative estimate of drug-likeness (QED) is 0.811.